The van der Waals surface area contributed by atoms with Crippen molar-refractivity contribution in [1.29, 1.82) is 0 Å². The molecule has 8 heteroatoms. The number of carbonyl (C=O) groups is 3. The molecule has 0 bridgehead atoms. The SMILES string of the molecule is COC(=O)C(=C(C)C)N1C(=O)C(Br)(Br)[C@H]1SC(C)=O. The Bertz CT molecular complexity index is 471. The zero-order valence-electron chi connectivity index (χ0n) is 10.8. The first-order valence-electron chi connectivity index (χ1n) is 5.29. The van der Waals surface area contributed by atoms with E-state index in [1.807, 2.05) is 0 Å². The molecular weight excluding hydrogens is 402 g/mol. The van der Waals surface area contributed by atoms with E-state index < -0.39 is 14.6 Å². The van der Waals surface area contributed by atoms with Crippen LogP contribution in [0, 0.1) is 0 Å². The van der Waals surface area contributed by atoms with Crippen molar-refractivity contribution in [2.24, 2.45) is 0 Å². The van der Waals surface area contributed by atoms with Gasteiger partial charge in [-0.15, -0.1) is 0 Å². The van der Waals surface area contributed by atoms with Gasteiger partial charge >= 0.3 is 5.97 Å². The Balaban J connectivity index is 3.17. The molecule has 0 radical (unpaired) electrons. The van der Waals surface area contributed by atoms with Gasteiger partial charge in [0, 0.05) is 6.92 Å². The van der Waals surface area contributed by atoms with Crippen LogP contribution >= 0.6 is 43.6 Å². The molecule has 19 heavy (non-hydrogen) atoms. The van der Waals surface area contributed by atoms with Crippen molar-refractivity contribution in [2.75, 3.05) is 7.11 Å². The van der Waals surface area contributed by atoms with E-state index in [-0.39, 0.29) is 16.7 Å². The van der Waals surface area contributed by atoms with Gasteiger partial charge in [-0.05, 0) is 19.4 Å². The number of alkyl halides is 2. The molecule has 106 valence electrons. The number of ether oxygens (including phenoxy) is 1. The first kappa shape index (κ1) is 16.7. The molecule has 1 heterocycles. The number of thioether (sulfide) groups is 1. The molecule has 1 fully saturated rings. The number of rotatable bonds is 3. The molecular formula is C11H13Br2NO4S. The van der Waals surface area contributed by atoms with E-state index in [2.05, 4.69) is 36.6 Å². The normalized spacial score (nSPS) is 20.6. The molecule has 0 aromatic rings. The number of hydrogen-bond donors (Lipinski definition) is 0. The zero-order chi connectivity index (χ0) is 15.0. The first-order chi connectivity index (χ1) is 8.64. The lowest BCUT2D eigenvalue weighted by Crippen LogP contribution is -2.66. The summed E-state index contributed by atoms with van der Waals surface area (Å²) in [5.74, 6) is -0.939. The lowest BCUT2D eigenvalue weighted by molar-refractivity contribution is -0.147. The molecule has 5 nitrogen and oxygen atoms in total. The summed E-state index contributed by atoms with van der Waals surface area (Å²) in [5.41, 5.74) is 0.811. The maximum Gasteiger partial charge on any atom is 0.354 e. The van der Waals surface area contributed by atoms with Crippen LogP contribution in [0.25, 0.3) is 0 Å². The van der Waals surface area contributed by atoms with Gasteiger partial charge in [0.1, 0.15) is 11.1 Å². The third-order valence-corrected chi connectivity index (χ3v) is 5.69. The quantitative estimate of drug-likeness (QED) is 0.307. The van der Waals surface area contributed by atoms with Gasteiger partial charge in [0.05, 0.1) is 7.11 Å². The van der Waals surface area contributed by atoms with Gasteiger partial charge in [0.2, 0.25) is 0 Å². The maximum absolute atomic E-state index is 12.1. The molecule has 1 atom stereocenters. The number of likely N-dealkylation sites (tertiary alicyclic amines) is 1. The number of carbonyl (C=O) groups excluding carboxylic acids is 3. The lowest BCUT2D eigenvalue weighted by Gasteiger charge is -2.49. The van der Waals surface area contributed by atoms with Crippen molar-refractivity contribution >= 4 is 60.6 Å². The average molecular weight is 415 g/mol. The second kappa shape index (κ2) is 5.97. The summed E-state index contributed by atoms with van der Waals surface area (Å²) in [6.45, 7) is 4.82. The van der Waals surface area contributed by atoms with Crippen molar-refractivity contribution in [2.45, 2.75) is 29.4 Å². The molecule has 0 N–H and O–H groups in total. The molecule has 1 saturated heterocycles. The van der Waals surface area contributed by atoms with E-state index >= 15 is 0 Å². The van der Waals surface area contributed by atoms with Gasteiger partial charge in [0.15, 0.2) is 8.35 Å². The summed E-state index contributed by atoms with van der Waals surface area (Å²) >= 11 is 7.43. The van der Waals surface area contributed by atoms with Crippen molar-refractivity contribution in [3.8, 4) is 0 Å². The first-order valence-corrected chi connectivity index (χ1v) is 7.75. The summed E-state index contributed by atoms with van der Waals surface area (Å²) in [4.78, 5) is 36.4. The summed E-state index contributed by atoms with van der Waals surface area (Å²) in [6, 6.07) is 0. The number of methoxy groups -OCH3 is 1. The third kappa shape index (κ3) is 3.05. The predicted molar refractivity (Wildman–Crippen MR) is 79.9 cm³/mol. The number of nitrogens with zero attached hydrogens (tertiary/aromatic N) is 1. The highest BCUT2D eigenvalue weighted by Crippen LogP contribution is 2.51. The van der Waals surface area contributed by atoms with Gasteiger partial charge in [-0.3, -0.25) is 14.5 Å². The molecule has 0 saturated carbocycles. The van der Waals surface area contributed by atoms with E-state index in [0.29, 0.717) is 5.57 Å². The van der Waals surface area contributed by atoms with Crippen LogP contribution in [-0.2, 0) is 19.1 Å². The monoisotopic (exact) mass is 413 g/mol. The predicted octanol–water partition coefficient (Wildman–Crippen LogP) is 2.39. The number of esters is 1. The van der Waals surface area contributed by atoms with E-state index in [1.54, 1.807) is 13.8 Å². The van der Waals surface area contributed by atoms with Crippen molar-refractivity contribution < 1.29 is 19.1 Å². The van der Waals surface area contributed by atoms with Crippen LogP contribution in [0.4, 0.5) is 0 Å². The zero-order valence-corrected chi connectivity index (χ0v) is 14.8. The fourth-order valence-corrected chi connectivity index (χ4v) is 3.83. The highest BCUT2D eigenvalue weighted by atomic mass is 79.9. The molecule has 0 aromatic heterocycles. The Morgan fingerprint density at radius 1 is 1.32 bits per heavy atom. The average Bonchev–Trinajstić information content (AvgIpc) is 2.31. The Morgan fingerprint density at radius 2 is 1.84 bits per heavy atom. The van der Waals surface area contributed by atoms with E-state index in [9.17, 15) is 14.4 Å². The fraction of sp³-hybridized carbons (Fsp3) is 0.545. The molecule has 1 aliphatic rings. The van der Waals surface area contributed by atoms with Crippen LogP contribution in [0.2, 0.25) is 0 Å². The largest absolute Gasteiger partial charge is 0.464 e. The van der Waals surface area contributed by atoms with Crippen LogP contribution < -0.4 is 0 Å². The van der Waals surface area contributed by atoms with Gasteiger partial charge in [-0.2, -0.15) is 0 Å². The molecule has 1 aliphatic heterocycles. The molecule has 1 rings (SSSR count). The summed E-state index contributed by atoms with van der Waals surface area (Å²) in [6.07, 6.45) is 0. The van der Waals surface area contributed by atoms with Crippen molar-refractivity contribution in [1.82, 2.24) is 4.90 Å². The van der Waals surface area contributed by atoms with Crippen LogP contribution in [0.3, 0.4) is 0 Å². The lowest BCUT2D eigenvalue weighted by atomic mass is 10.1. The number of hydrogen-bond acceptors (Lipinski definition) is 5. The van der Waals surface area contributed by atoms with E-state index in [4.69, 9.17) is 0 Å². The van der Waals surface area contributed by atoms with Crippen LogP contribution in [0.15, 0.2) is 11.3 Å². The molecule has 0 aliphatic carbocycles. The Morgan fingerprint density at radius 3 is 2.21 bits per heavy atom. The van der Waals surface area contributed by atoms with Crippen molar-refractivity contribution in [3.05, 3.63) is 11.3 Å². The minimum absolute atomic E-state index is 0.149. The van der Waals surface area contributed by atoms with Gasteiger partial charge in [0.25, 0.3) is 5.91 Å². The highest BCUT2D eigenvalue weighted by Gasteiger charge is 2.61. The molecule has 1 amide bonds. The molecule has 0 unspecified atom stereocenters. The van der Waals surface area contributed by atoms with Crippen LogP contribution in [0.1, 0.15) is 20.8 Å². The van der Waals surface area contributed by atoms with Crippen LogP contribution in [-0.4, -0.2) is 37.6 Å². The van der Waals surface area contributed by atoms with Crippen molar-refractivity contribution in [3.63, 3.8) is 0 Å². The van der Waals surface area contributed by atoms with E-state index in [1.165, 1.54) is 18.9 Å². The number of allylic oxidation sites excluding steroid dienone is 1. The summed E-state index contributed by atoms with van der Waals surface area (Å²) < 4.78 is 3.65. The fourth-order valence-electron chi connectivity index (χ4n) is 1.61. The summed E-state index contributed by atoms with van der Waals surface area (Å²) in [7, 11) is 1.25. The second-order valence-electron chi connectivity index (χ2n) is 4.10. The smallest absolute Gasteiger partial charge is 0.354 e. The van der Waals surface area contributed by atoms with Crippen LogP contribution in [0.5, 0.6) is 0 Å². The standard InChI is InChI=1S/C11H13Br2NO4S/c1-5(2)7(8(16)18-4)14-9(17)11(12,13)10(14)19-6(3)15/h10H,1-4H3/t10-/m1/s1. The number of amides is 1. The summed E-state index contributed by atoms with van der Waals surface area (Å²) in [5, 5.41) is -0.690. The second-order valence-corrected chi connectivity index (χ2v) is 8.92. The van der Waals surface area contributed by atoms with Gasteiger partial charge in [-0.25, -0.2) is 4.79 Å². The molecule has 0 aromatic carbocycles. The van der Waals surface area contributed by atoms with Gasteiger partial charge in [-0.1, -0.05) is 43.6 Å². The minimum Gasteiger partial charge on any atom is -0.464 e. The Kier molecular flexibility index (Phi) is 5.25. The minimum atomic E-state index is -1.04. The highest BCUT2D eigenvalue weighted by molar-refractivity contribution is 9.26. The maximum atomic E-state index is 12.1. The third-order valence-electron chi connectivity index (χ3n) is 2.42. The van der Waals surface area contributed by atoms with E-state index in [0.717, 1.165) is 11.8 Å². The van der Waals surface area contributed by atoms with Gasteiger partial charge < -0.3 is 4.74 Å². The topological polar surface area (TPSA) is 63.7 Å². The Labute approximate surface area is 132 Å². The Hall–Kier alpha value is -0.340. The molecule has 0 spiro atoms. The number of β-lactam (4-membered cyclic amide) rings is 1. The number of halogens is 2.